The van der Waals surface area contributed by atoms with Crippen LogP contribution in [-0.4, -0.2) is 25.2 Å². The summed E-state index contributed by atoms with van der Waals surface area (Å²) >= 11 is 0. The second-order valence-corrected chi connectivity index (χ2v) is 6.17. The highest BCUT2D eigenvalue weighted by Crippen LogP contribution is 2.12. The third-order valence-electron chi connectivity index (χ3n) is 2.73. The van der Waals surface area contributed by atoms with Gasteiger partial charge in [-0.05, 0) is 17.7 Å². The molecule has 2 aromatic rings. The average Bonchev–Trinajstić information content (AvgIpc) is 2.89. The summed E-state index contributed by atoms with van der Waals surface area (Å²) in [5, 5.41) is 9.47. The lowest BCUT2D eigenvalue weighted by atomic mass is 10.1. The van der Waals surface area contributed by atoms with E-state index in [9.17, 15) is 8.42 Å². The molecule has 108 valence electrons. The minimum atomic E-state index is -3.41. The Morgan fingerprint density at radius 1 is 1.20 bits per heavy atom. The van der Waals surface area contributed by atoms with E-state index in [0.29, 0.717) is 5.69 Å². The predicted octanol–water partition coefficient (Wildman–Crippen LogP) is 1.46. The maximum atomic E-state index is 12.0. The van der Waals surface area contributed by atoms with Gasteiger partial charge >= 0.3 is 0 Å². The highest BCUT2D eigenvalue weighted by molar-refractivity contribution is 7.91. The lowest BCUT2D eigenvalue weighted by Crippen LogP contribution is -2.15. The Bertz CT molecular complexity index is 621. The highest BCUT2D eigenvalue weighted by atomic mass is 32.2. The Morgan fingerprint density at radius 2 is 1.90 bits per heavy atom. The molecule has 0 saturated heterocycles. The molecular formula is C13H18N4O2S. The number of hydrogen-bond acceptors (Lipinski definition) is 4. The van der Waals surface area contributed by atoms with Gasteiger partial charge in [0.15, 0.2) is 0 Å². The van der Waals surface area contributed by atoms with E-state index in [1.165, 1.54) is 12.4 Å². The number of hydrogen-bond donors (Lipinski definition) is 3. The van der Waals surface area contributed by atoms with E-state index in [2.05, 4.69) is 20.2 Å². The average molecular weight is 294 g/mol. The van der Waals surface area contributed by atoms with Crippen molar-refractivity contribution in [3.05, 3.63) is 47.8 Å². The Labute approximate surface area is 118 Å². The van der Waals surface area contributed by atoms with Crippen LogP contribution in [0.2, 0.25) is 0 Å². The summed E-state index contributed by atoms with van der Waals surface area (Å²) in [6.45, 7) is 3.74. The van der Waals surface area contributed by atoms with Gasteiger partial charge in [0, 0.05) is 12.7 Å². The smallest absolute Gasteiger partial charge is 0.237 e. The first-order chi connectivity index (χ1) is 9.59. The van der Waals surface area contributed by atoms with Gasteiger partial charge in [0.05, 0.1) is 17.6 Å². The van der Waals surface area contributed by atoms with E-state index < -0.39 is 10.0 Å². The second-order valence-electron chi connectivity index (χ2n) is 4.44. The molecule has 0 aliphatic carbocycles. The first-order valence-corrected chi connectivity index (χ1v) is 8.02. The monoisotopic (exact) mass is 294 g/mol. The van der Waals surface area contributed by atoms with Crippen LogP contribution in [0.1, 0.15) is 18.1 Å². The number of aromatic amines is 1. The van der Waals surface area contributed by atoms with E-state index in [-0.39, 0.29) is 5.75 Å². The zero-order valence-electron chi connectivity index (χ0n) is 11.3. The molecule has 2 rings (SSSR count). The van der Waals surface area contributed by atoms with E-state index in [4.69, 9.17) is 0 Å². The fraction of sp³-hybridized carbons (Fsp3) is 0.308. The van der Waals surface area contributed by atoms with Gasteiger partial charge in [-0.3, -0.25) is 9.82 Å². The molecule has 1 aromatic carbocycles. The number of aromatic nitrogens is 2. The van der Waals surface area contributed by atoms with Gasteiger partial charge in [-0.1, -0.05) is 31.2 Å². The lowest BCUT2D eigenvalue weighted by molar-refractivity contribution is 0.600. The molecule has 6 nitrogen and oxygen atoms in total. The van der Waals surface area contributed by atoms with Gasteiger partial charge in [-0.25, -0.2) is 8.42 Å². The Balaban J connectivity index is 1.98. The second kappa shape index (κ2) is 6.53. The quantitative estimate of drug-likeness (QED) is 0.721. The summed E-state index contributed by atoms with van der Waals surface area (Å²) in [5.41, 5.74) is 2.32. The standard InChI is InChI=1S/C13H18N4O2S/c1-2-14-7-11-3-5-12(6-4-11)10-20(18,19)17-13-8-15-16-9-13/h3-6,8-9,14,17H,2,7,10H2,1H3,(H,15,16). The summed E-state index contributed by atoms with van der Waals surface area (Å²) in [5.74, 6) is -0.0559. The van der Waals surface area contributed by atoms with Crippen molar-refractivity contribution >= 4 is 15.7 Å². The number of anilines is 1. The SMILES string of the molecule is CCNCc1ccc(CS(=O)(=O)Nc2cn[nH]c2)cc1. The molecule has 1 heterocycles. The molecule has 0 amide bonds. The molecule has 7 heteroatoms. The minimum absolute atomic E-state index is 0.0559. The van der Waals surface area contributed by atoms with Crippen LogP contribution < -0.4 is 10.0 Å². The summed E-state index contributed by atoms with van der Waals surface area (Å²) < 4.78 is 26.4. The number of nitrogens with zero attached hydrogens (tertiary/aromatic N) is 1. The summed E-state index contributed by atoms with van der Waals surface area (Å²) in [6.07, 6.45) is 2.92. The molecule has 0 saturated carbocycles. The van der Waals surface area contributed by atoms with Crippen molar-refractivity contribution in [1.29, 1.82) is 0 Å². The normalized spacial score (nSPS) is 11.4. The van der Waals surface area contributed by atoms with Gasteiger partial charge in [0.1, 0.15) is 0 Å². The van der Waals surface area contributed by atoms with E-state index in [1.807, 2.05) is 31.2 Å². The van der Waals surface area contributed by atoms with Crippen LogP contribution in [0.15, 0.2) is 36.7 Å². The lowest BCUT2D eigenvalue weighted by Gasteiger charge is -2.07. The molecule has 0 spiro atoms. The fourth-order valence-electron chi connectivity index (χ4n) is 1.76. The van der Waals surface area contributed by atoms with Gasteiger partial charge < -0.3 is 5.32 Å². The number of nitrogens with one attached hydrogen (secondary N) is 3. The van der Waals surface area contributed by atoms with Gasteiger partial charge in [-0.2, -0.15) is 5.10 Å². The van der Waals surface area contributed by atoms with Gasteiger partial charge in [-0.15, -0.1) is 0 Å². The van der Waals surface area contributed by atoms with Crippen LogP contribution in [-0.2, 0) is 22.3 Å². The van der Waals surface area contributed by atoms with Crippen LogP contribution in [0.3, 0.4) is 0 Å². The topological polar surface area (TPSA) is 86.9 Å². The number of rotatable bonds is 7. The molecule has 0 aliphatic heterocycles. The van der Waals surface area contributed by atoms with Crippen molar-refractivity contribution in [2.75, 3.05) is 11.3 Å². The van der Waals surface area contributed by atoms with Crippen molar-refractivity contribution < 1.29 is 8.42 Å². The Morgan fingerprint density at radius 3 is 2.50 bits per heavy atom. The minimum Gasteiger partial charge on any atom is -0.313 e. The molecule has 3 N–H and O–H groups in total. The van der Waals surface area contributed by atoms with Crippen molar-refractivity contribution in [2.24, 2.45) is 0 Å². The van der Waals surface area contributed by atoms with Crippen LogP contribution >= 0.6 is 0 Å². The maximum absolute atomic E-state index is 12.0. The first-order valence-electron chi connectivity index (χ1n) is 6.37. The highest BCUT2D eigenvalue weighted by Gasteiger charge is 2.12. The van der Waals surface area contributed by atoms with Gasteiger partial charge in [0.2, 0.25) is 10.0 Å². The Hall–Kier alpha value is -1.86. The number of benzene rings is 1. The summed E-state index contributed by atoms with van der Waals surface area (Å²) in [4.78, 5) is 0. The molecule has 20 heavy (non-hydrogen) atoms. The predicted molar refractivity (Wildman–Crippen MR) is 78.7 cm³/mol. The van der Waals surface area contributed by atoms with Crippen LogP contribution in [0.5, 0.6) is 0 Å². The number of sulfonamides is 1. The molecular weight excluding hydrogens is 276 g/mol. The molecule has 0 unspecified atom stereocenters. The first kappa shape index (κ1) is 14.5. The molecule has 0 aliphatic rings. The number of H-pyrrole nitrogens is 1. The molecule has 0 radical (unpaired) electrons. The van der Waals surface area contributed by atoms with Crippen molar-refractivity contribution in [2.45, 2.75) is 19.2 Å². The van der Waals surface area contributed by atoms with Crippen molar-refractivity contribution in [3.63, 3.8) is 0 Å². The van der Waals surface area contributed by atoms with Crippen LogP contribution in [0, 0.1) is 0 Å². The van der Waals surface area contributed by atoms with Crippen LogP contribution in [0.4, 0.5) is 5.69 Å². The molecule has 1 aromatic heterocycles. The van der Waals surface area contributed by atoms with E-state index in [0.717, 1.165) is 24.2 Å². The van der Waals surface area contributed by atoms with Crippen LogP contribution in [0.25, 0.3) is 0 Å². The Kier molecular flexibility index (Phi) is 4.75. The summed E-state index contributed by atoms with van der Waals surface area (Å²) in [6, 6.07) is 7.54. The van der Waals surface area contributed by atoms with Crippen molar-refractivity contribution in [1.82, 2.24) is 15.5 Å². The van der Waals surface area contributed by atoms with Gasteiger partial charge in [0.25, 0.3) is 0 Å². The van der Waals surface area contributed by atoms with E-state index in [1.54, 1.807) is 0 Å². The third kappa shape index (κ3) is 4.36. The fourth-order valence-corrected chi connectivity index (χ4v) is 2.94. The largest absolute Gasteiger partial charge is 0.313 e. The van der Waals surface area contributed by atoms with E-state index >= 15 is 0 Å². The molecule has 0 bridgehead atoms. The molecule has 0 fully saturated rings. The summed E-state index contributed by atoms with van der Waals surface area (Å²) in [7, 11) is -3.41. The third-order valence-corrected chi connectivity index (χ3v) is 3.99. The van der Waals surface area contributed by atoms with Crippen molar-refractivity contribution in [3.8, 4) is 0 Å². The maximum Gasteiger partial charge on any atom is 0.237 e. The zero-order chi connectivity index (χ0) is 14.4. The molecule has 0 atom stereocenters. The zero-order valence-corrected chi connectivity index (χ0v) is 12.1.